The number of methoxy groups -OCH3 is 1. The number of benzene rings is 1. The Bertz CT molecular complexity index is 634. The van der Waals surface area contributed by atoms with Crippen molar-refractivity contribution in [2.45, 2.75) is 33.2 Å². The molecule has 1 heterocycles. The topological polar surface area (TPSA) is 56.1 Å². The van der Waals surface area contributed by atoms with E-state index in [2.05, 4.69) is 10.4 Å². The Morgan fingerprint density at radius 1 is 1.38 bits per heavy atom. The molecule has 0 aliphatic heterocycles. The van der Waals surface area contributed by atoms with E-state index in [9.17, 15) is 4.79 Å². The number of nitrogens with one attached hydrogen (secondary N) is 1. The van der Waals surface area contributed by atoms with E-state index in [1.54, 1.807) is 7.11 Å². The number of carbonyl (C=O) groups is 1. The van der Waals surface area contributed by atoms with E-state index in [1.807, 2.05) is 55.8 Å². The SMILES string of the molecule is COc1ccccc1NC(=O)C[C@H](C)n1nc(C)cc1C. The fourth-order valence-corrected chi connectivity index (χ4v) is 2.40. The van der Waals surface area contributed by atoms with Gasteiger partial charge in [0, 0.05) is 12.1 Å². The lowest BCUT2D eigenvalue weighted by molar-refractivity contribution is -0.116. The smallest absolute Gasteiger partial charge is 0.226 e. The van der Waals surface area contributed by atoms with Gasteiger partial charge in [0.15, 0.2) is 0 Å². The van der Waals surface area contributed by atoms with Crippen LogP contribution in [0, 0.1) is 13.8 Å². The first-order valence-electron chi connectivity index (χ1n) is 6.97. The van der Waals surface area contributed by atoms with Crippen LogP contribution in [0.5, 0.6) is 5.75 Å². The first-order valence-corrected chi connectivity index (χ1v) is 6.97. The zero-order chi connectivity index (χ0) is 15.4. The third-order valence-electron chi connectivity index (χ3n) is 3.32. The number of ether oxygens (including phenoxy) is 1. The predicted octanol–water partition coefficient (Wildman–Crippen LogP) is 3.10. The van der Waals surface area contributed by atoms with Crippen molar-refractivity contribution in [2.24, 2.45) is 0 Å². The summed E-state index contributed by atoms with van der Waals surface area (Å²) in [6, 6.07) is 9.39. The second-order valence-electron chi connectivity index (χ2n) is 5.17. The molecule has 5 heteroatoms. The summed E-state index contributed by atoms with van der Waals surface area (Å²) in [6.07, 6.45) is 0.361. The van der Waals surface area contributed by atoms with Crippen LogP contribution in [-0.2, 0) is 4.79 Å². The number of para-hydroxylation sites is 2. The summed E-state index contributed by atoms with van der Waals surface area (Å²) < 4.78 is 7.11. The number of carbonyl (C=O) groups excluding carboxylic acids is 1. The zero-order valence-corrected chi connectivity index (χ0v) is 12.9. The molecule has 5 nitrogen and oxygen atoms in total. The fraction of sp³-hybridized carbons (Fsp3) is 0.375. The molecule has 0 saturated carbocycles. The summed E-state index contributed by atoms with van der Waals surface area (Å²) in [5, 5.41) is 7.30. The highest BCUT2D eigenvalue weighted by Gasteiger charge is 2.15. The summed E-state index contributed by atoms with van der Waals surface area (Å²) in [7, 11) is 1.59. The third-order valence-corrected chi connectivity index (χ3v) is 3.32. The monoisotopic (exact) mass is 287 g/mol. The molecule has 0 spiro atoms. The van der Waals surface area contributed by atoms with Gasteiger partial charge in [0.1, 0.15) is 5.75 Å². The summed E-state index contributed by atoms with van der Waals surface area (Å²) >= 11 is 0. The highest BCUT2D eigenvalue weighted by molar-refractivity contribution is 5.92. The van der Waals surface area contributed by atoms with Gasteiger partial charge < -0.3 is 10.1 Å². The van der Waals surface area contributed by atoms with Crippen molar-refractivity contribution >= 4 is 11.6 Å². The lowest BCUT2D eigenvalue weighted by Gasteiger charge is -2.15. The molecule has 1 N–H and O–H groups in total. The van der Waals surface area contributed by atoms with Gasteiger partial charge in [-0.2, -0.15) is 5.10 Å². The zero-order valence-electron chi connectivity index (χ0n) is 12.9. The van der Waals surface area contributed by atoms with Gasteiger partial charge in [0.05, 0.1) is 24.5 Å². The molecule has 0 saturated heterocycles. The highest BCUT2D eigenvalue weighted by Crippen LogP contribution is 2.24. The third kappa shape index (κ3) is 3.62. The molecule has 1 aromatic carbocycles. The quantitative estimate of drug-likeness (QED) is 0.919. The van der Waals surface area contributed by atoms with Gasteiger partial charge in [0.2, 0.25) is 5.91 Å². The van der Waals surface area contributed by atoms with E-state index >= 15 is 0 Å². The number of rotatable bonds is 5. The average molecular weight is 287 g/mol. The molecule has 0 aliphatic rings. The first kappa shape index (κ1) is 15.1. The Hall–Kier alpha value is -2.30. The fourth-order valence-electron chi connectivity index (χ4n) is 2.40. The molecule has 0 fully saturated rings. The number of amides is 1. The molecule has 1 atom stereocenters. The number of aromatic nitrogens is 2. The van der Waals surface area contributed by atoms with Crippen molar-refractivity contribution in [3.63, 3.8) is 0 Å². The average Bonchev–Trinajstić information content (AvgIpc) is 2.78. The Morgan fingerprint density at radius 3 is 2.71 bits per heavy atom. The van der Waals surface area contributed by atoms with Crippen LogP contribution < -0.4 is 10.1 Å². The van der Waals surface area contributed by atoms with Crippen LogP contribution in [0.15, 0.2) is 30.3 Å². The van der Waals surface area contributed by atoms with Gasteiger partial charge in [-0.1, -0.05) is 12.1 Å². The molecule has 0 unspecified atom stereocenters. The van der Waals surface area contributed by atoms with E-state index in [0.717, 1.165) is 11.4 Å². The molecule has 2 rings (SSSR count). The van der Waals surface area contributed by atoms with E-state index in [4.69, 9.17) is 4.74 Å². The van der Waals surface area contributed by atoms with Crippen LogP contribution in [0.1, 0.15) is 30.8 Å². The Labute approximate surface area is 124 Å². The molecular formula is C16H21N3O2. The lowest BCUT2D eigenvalue weighted by Crippen LogP contribution is -2.19. The second kappa shape index (κ2) is 6.43. The van der Waals surface area contributed by atoms with Gasteiger partial charge in [-0.25, -0.2) is 0 Å². The summed E-state index contributed by atoms with van der Waals surface area (Å²) in [6.45, 7) is 5.93. The Balaban J connectivity index is 2.03. The summed E-state index contributed by atoms with van der Waals surface area (Å²) in [5.74, 6) is 0.601. The summed E-state index contributed by atoms with van der Waals surface area (Å²) in [5.41, 5.74) is 2.71. The number of nitrogens with zero attached hydrogens (tertiary/aromatic N) is 2. The second-order valence-corrected chi connectivity index (χ2v) is 5.17. The van der Waals surface area contributed by atoms with Gasteiger partial charge in [-0.3, -0.25) is 9.48 Å². The van der Waals surface area contributed by atoms with E-state index in [-0.39, 0.29) is 11.9 Å². The van der Waals surface area contributed by atoms with Crippen LogP contribution in [0.2, 0.25) is 0 Å². The van der Waals surface area contributed by atoms with Gasteiger partial charge in [-0.15, -0.1) is 0 Å². The van der Waals surface area contributed by atoms with Crippen molar-refractivity contribution < 1.29 is 9.53 Å². The molecule has 112 valence electrons. The van der Waals surface area contributed by atoms with Gasteiger partial charge in [0.25, 0.3) is 0 Å². The van der Waals surface area contributed by atoms with Crippen molar-refractivity contribution in [2.75, 3.05) is 12.4 Å². The minimum Gasteiger partial charge on any atom is -0.495 e. The van der Waals surface area contributed by atoms with E-state index in [1.165, 1.54) is 0 Å². The molecule has 0 aliphatic carbocycles. The molecule has 21 heavy (non-hydrogen) atoms. The summed E-state index contributed by atoms with van der Waals surface area (Å²) in [4.78, 5) is 12.2. The number of anilines is 1. The number of hydrogen-bond acceptors (Lipinski definition) is 3. The maximum absolute atomic E-state index is 12.2. The highest BCUT2D eigenvalue weighted by atomic mass is 16.5. The molecule has 2 aromatic rings. The van der Waals surface area contributed by atoms with Crippen molar-refractivity contribution in [3.05, 3.63) is 41.7 Å². The normalized spacial score (nSPS) is 12.0. The largest absolute Gasteiger partial charge is 0.495 e. The van der Waals surface area contributed by atoms with Crippen molar-refractivity contribution in [1.82, 2.24) is 9.78 Å². The number of hydrogen-bond donors (Lipinski definition) is 1. The van der Waals surface area contributed by atoms with Crippen LogP contribution in [0.4, 0.5) is 5.69 Å². The van der Waals surface area contributed by atoms with Crippen LogP contribution in [-0.4, -0.2) is 22.8 Å². The molecule has 1 amide bonds. The maximum Gasteiger partial charge on any atom is 0.226 e. The maximum atomic E-state index is 12.2. The molecular weight excluding hydrogens is 266 g/mol. The van der Waals surface area contributed by atoms with E-state index in [0.29, 0.717) is 17.9 Å². The van der Waals surface area contributed by atoms with E-state index < -0.39 is 0 Å². The van der Waals surface area contributed by atoms with Crippen LogP contribution in [0.3, 0.4) is 0 Å². The van der Waals surface area contributed by atoms with Gasteiger partial charge >= 0.3 is 0 Å². The number of aryl methyl sites for hydroxylation is 2. The minimum absolute atomic E-state index is 0.00778. The van der Waals surface area contributed by atoms with Gasteiger partial charge in [-0.05, 0) is 39.0 Å². The minimum atomic E-state index is -0.0560. The van der Waals surface area contributed by atoms with Crippen molar-refractivity contribution in [1.29, 1.82) is 0 Å². The molecule has 1 aromatic heterocycles. The van der Waals surface area contributed by atoms with Crippen LogP contribution in [0.25, 0.3) is 0 Å². The Morgan fingerprint density at radius 2 is 2.10 bits per heavy atom. The van der Waals surface area contributed by atoms with Crippen LogP contribution >= 0.6 is 0 Å². The molecule has 0 bridgehead atoms. The first-order chi connectivity index (χ1) is 10.0. The lowest BCUT2D eigenvalue weighted by atomic mass is 10.2. The predicted molar refractivity (Wildman–Crippen MR) is 82.7 cm³/mol. The van der Waals surface area contributed by atoms with Crippen molar-refractivity contribution in [3.8, 4) is 5.75 Å². The Kier molecular flexibility index (Phi) is 4.62. The molecule has 0 radical (unpaired) electrons. The standard InChI is InChI=1S/C16H21N3O2/c1-11-9-12(2)19(18-11)13(3)10-16(20)17-14-7-5-6-8-15(14)21-4/h5-9,13H,10H2,1-4H3,(H,17,20)/t13-/m0/s1.